The molecule has 90 valence electrons. The number of rotatable bonds is 5. The van der Waals surface area contributed by atoms with E-state index in [2.05, 4.69) is 20.8 Å². The number of hydrogen-bond acceptors (Lipinski definition) is 1. The molecule has 0 spiro atoms. The van der Waals surface area contributed by atoms with E-state index < -0.39 is 0 Å². The van der Waals surface area contributed by atoms with Crippen LogP contribution in [0.25, 0.3) is 0 Å². The molecule has 2 atom stereocenters. The second kappa shape index (κ2) is 6.00. The summed E-state index contributed by atoms with van der Waals surface area (Å²) >= 11 is 0. The Balaban J connectivity index is 2.87. The van der Waals surface area contributed by atoms with Crippen LogP contribution >= 0.6 is 0 Å². The summed E-state index contributed by atoms with van der Waals surface area (Å²) in [5.74, 6) is 1.33. The Morgan fingerprint density at radius 2 is 1.69 bits per heavy atom. The normalized spacial score (nSPS) is 15.1. The first-order chi connectivity index (χ1) is 7.54. The van der Waals surface area contributed by atoms with Crippen LogP contribution in [0.15, 0.2) is 24.3 Å². The average molecular weight is 223 g/mol. The predicted octanol–water partition coefficient (Wildman–Crippen LogP) is 3.55. The van der Waals surface area contributed by atoms with Crippen LogP contribution in [0.2, 0.25) is 0 Å². The van der Waals surface area contributed by atoms with E-state index in [1.165, 1.54) is 17.7 Å². The Hall–Kier alpha value is -0.890. The standard InChI is InChI=1S/C14H22FN/c1-10(2)8-14(11(3)9-16)12-4-6-13(15)7-5-12/h4-7,10-11,14H,8-9,16H2,1-3H3. The van der Waals surface area contributed by atoms with Crippen LogP contribution in [0.1, 0.15) is 38.7 Å². The molecule has 0 aliphatic carbocycles. The van der Waals surface area contributed by atoms with E-state index in [0.29, 0.717) is 24.3 Å². The van der Waals surface area contributed by atoms with Crippen molar-refractivity contribution < 1.29 is 4.39 Å². The van der Waals surface area contributed by atoms with Crippen LogP contribution in [-0.2, 0) is 0 Å². The van der Waals surface area contributed by atoms with E-state index in [1.54, 1.807) is 0 Å². The molecule has 0 aromatic heterocycles. The van der Waals surface area contributed by atoms with Crippen molar-refractivity contribution in [2.24, 2.45) is 17.6 Å². The Kier molecular flexibility index (Phi) is 4.94. The molecule has 2 N–H and O–H groups in total. The molecule has 2 heteroatoms. The summed E-state index contributed by atoms with van der Waals surface area (Å²) in [6.07, 6.45) is 1.10. The van der Waals surface area contributed by atoms with Crippen molar-refractivity contribution in [2.75, 3.05) is 6.54 Å². The highest BCUT2D eigenvalue weighted by Crippen LogP contribution is 2.30. The number of halogens is 1. The topological polar surface area (TPSA) is 26.0 Å². The van der Waals surface area contributed by atoms with Gasteiger partial charge < -0.3 is 5.73 Å². The van der Waals surface area contributed by atoms with Crippen molar-refractivity contribution in [1.82, 2.24) is 0 Å². The van der Waals surface area contributed by atoms with Gasteiger partial charge in [0.05, 0.1) is 0 Å². The number of nitrogens with two attached hydrogens (primary N) is 1. The molecule has 1 aromatic rings. The zero-order valence-electron chi connectivity index (χ0n) is 10.4. The maximum Gasteiger partial charge on any atom is 0.123 e. The summed E-state index contributed by atoms with van der Waals surface area (Å²) in [6, 6.07) is 6.83. The summed E-state index contributed by atoms with van der Waals surface area (Å²) < 4.78 is 12.9. The van der Waals surface area contributed by atoms with Gasteiger partial charge in [-0.05, 0) is 48.4 Å². The van der Waals surface area contributed by atoms with E-state index in [9.17, 15) is 4.39 Å². The van der Waals surface area contributed by atoms with Gasteiger partial charge in [0.25, 0.3) is 0 Å². The van der Waals surface area contributed by atoms with Crippen molar-refractivity contribution in [3.05, 3.63) is 35.6 Å². The maximum absolute atomic E-state index is 12.9. The quantitative estimate of drug-likeness (QED) is 0.811. The molecule has 1 rings (SSSR count). The Bertz CT molecular complexity index is 305. The van der Waals surface area contributed by atoms with E-state index in [1.807, 2.05) is 12.1 Å². The van der Waals surface area contributed by atoms with Gasteiger partial charge >= 0.3 is 0 Å². The SMILES string of the molecule is CC(C)CC(c1ccc(F)cc1)C(C)CN. The van der Waals surface area contributed by atoms with Crippen LogP contribution in [0.4, 0.5) is 4.39 Å². The van der Waals surface area contributed by atoms with Crippen LogP contribution in [0, 0.1) is 17.7 Å². The minimum atomic E-state index is -0.174. The average Bonchev–Trinajstić information content (AvgIpc) is 2.26. The minimum Gasteiger partial charge on any atom is -0.330 e. The Labute approximate surface area is 97.9 Å². The van der Waals surface area contributed by atoms with Crippen molar-refractivity contribution in [3.63, 3.8) is 0 Å². The first kappa shape index (κ1) is 13.2. The first-order valence-electron chi connectivity index (χ1n) is 6.00. The lowest BCUT2D eigenvalue weighted by atomic mass is 9.81. The third-order valence-electron chi connectivity index (χ3n) is 3.08. The zero-order valence-corrected chi connectivity index (χ0v) is 10.4. The first-order valence-corrected chi connectivity index (χ1v) is 6.00. The number of hydrogen-bond donors (Lipinski definition) is 1. The van der Waals surface area contributed by atoms with Crippen LogP contribution in [0.5, 0.6) is 0 Å². The lowest BCUT2D eigenvalue weighted by Gasteiger charge is -2.25. The van der Waals surface area contributed by atoms with Crippen molar-refractivity contribution in [2.45, 2.75) is 33.1 Å². The molecule has 0 amide bonds. The second-order valence-electron chi connectivity index (χ2n) is 5.00. The van der Waals surface area contributed by atoms with E-state index >= 15 is 0 Å². The lowest BCUT2D eigenvalue weighted by molar-refractivity contribution is 0.391. The monoisotopic (exact) mass is 223 g/mol. The highest BCUT2D eigenvalue weighted by Gasteiger charge is 2.19. The molecule has 0 saturated carbocycles. The van der Waals surface area contributed by atoms with Gasteiger partial charge in [-0.3, -0.25) is 0 Å². The third kappa shape index (κ3) is 3.60. The molecular weight excluding hydrogens is 201 g/mol. The lowest BCUT2D eigenvalue weighted by Crippen LogP contribution is -2.20. The highest BCUT2D eigenvalue weighted by molar-refractivity contribution is 5.21. The maximum atomic E-state index is 12.9. The summed E-state index contributed by atoms with van der Waals surface area (Å²) in [5, 5.41) is 0. The largest absolute Gasteiger partial charge is 0.330 e. The molecule has 0 heterocycles. The van der Waals surface area contributed by atoms with Gasteiger partial charge in [0.15, 0.2) is 0 Å². The Morgan fingerprint density at radius 3 is 2.12 bits per heavy atom. The van der Waals surface area contributed by atoms with Gasteiger partial charge in [-0.15, -0.1) is 0 Å². The van der Waals surface area contributed by atoms with Crippen LogP contribution in [-0.4, -0.2) is 6.54 Å². The summed E-state index contributed by atoms with van der Waals surface area (Å²) in [4.78, 5) is 0. The van der Waals surface area contributed by atoms with Gasteiger partial charge in [-0.1, -0.05) is 32.9 Å². The Morgan fingerprint density at radius 1 is 1.12 bits per heavy atom. The van der Waals surface area contributed by atoms with Crippen molar-refractivity contribution in [1.29, 1.82) is 0 Å². The van der Waals surface area contributed by atoms with Gasteiger partial charge in [0.2, 0.25) is 0 Å². The van der Waals surface area contributed by atoms with Gasteiger partial charge in [-0.2, -0.15) is 0 Å². The van der Waals surface area contributed by atoms with Gasteiger partial charge in [-0.25, -0.2) is 4.39 Å². The molecule has 0 bridgehead atoms. The molecule has 0 aliphatic rings. The fourth-order valence-electron chi connectivity index (χ4n) is 2.08. The molecule has 16 heavy (non-hydrogen) atoms. The van der Waals surface area contributed by atoms with Gasteiger partial charge in [0.1, 0.15) is 5.82 Å². The molecule has 0 radical (unpaired) electrons. The van der Waals surface area contributed by atoms with E-state index in [0.717, 1.165) is 6.42 Å². The highest BCUT2D eigenvalue weighted by atomic mass is 19.1. The molecule has 1 aromatic carbocycles. The molecule has 2 unspecified atom stereocenters. The molecule has 1 nitrogen and oxygen atoms in total. The zero-order chi connectivity index (χ0) is 12.1. The van der Waals surface area contributed by atoms with E-state index in [4.69, 9.17) is 5.73 Å². The van der Waals surface area contributed by atoms with Crippen LogP contribution in [0.3, 0.4) is 0 Å². The molecule has 0 saturated heterocycles. The molecule has 0 aliphatic heterocycles. The number of benzene rings is 1. The van der Waals surface area contributed by atoms with Crippen LogP contribution < -0.4 is 5.73 Å². The fraction of sp³-hybridized carbons (Fsp3) is 0.571. The van der Waals surface area contributed by atoms with Crippen molar-refractivity contribution >= 4 is 0 Å². The summed E-state index contributed by atoms with van der Waals surface area (Å²) in [6.45, 7) is 7.25. The van der Waals surface area contributed by atoms with Crippen molar-refractivity contribution in [3.8, 4) is 0 Å². The molecular formula is C14H22FN. The summed E-state index contributed by atoms with van der Waals surface area (Å²) in [7, 11) is 0. The third-order valence-corrected chi connectivity index (χ3v) is 3.08. The minimum absolute atomic E-state index is 0.174. The molecule has 0 fully saturated rings. The fourth-order valence-corrected chi connectivity index (χ4v) is 2.08. The predicted molar refractivity (Wildman–Crippen MR) is 66.8 cm³/mol. The van der Waals surface area contributed by atoms with E-state index in [-0.39, 0.29) is 5.82 Å². The summed E-state index contributed by atoms with van der Waals surface area (Å²) in [5.41, 5.74) is 6.94. The second-order valence-corrected chi connectivity index (χ2v) is 5.00. The smallest absolute Gasteiger partial charge is 0.123 e. The van der Waals surface area contributed by atoms with Gasteiger partial charge in [0, 0.05) is 0 Å².